The molecule has 3 rings (SSSR count). The maximum Gasteiger partial charge on any atom is 0.358 e. The van der Waals surface area contributed by atoms with Crippen molar-refractivity contribution in [2.24, 2.45) is 0 Å². The first kappa shape index (κ1) is 19.6. The molecule has 1 heterocycles. The average Bonchev–Trinajstić information content (AvgIpc) is 3.19. The predicted octanol–water partition coefficient (Wildman–Crippen LogP) is 4.31. The van der Waals surface area contributed by atoms with Crippen LogP contribution in [0.5, 0.6) is 5.75 Å². The van der Waals surface area contributed by atoms with Crippen LogP contribution in [0.25, 0.3) is 10.6 Å². The second-order valence-electron chi connectivity index (χ2n) is 6.14. The molecular formula is C21H20N2O4S. The third-order valence-electron chi connectivity index (χ3n) is 4.00. The number of methoxy groups -OCH3 is 1. The Balaban J connectivity index is 1.65. The van der Waals surface area contributed by atoms with Crippen LogP contribution in [0.3, 0.4) is 0 Å². The minimum absolute atomic E-state index is 0.177. The summed E-state index contributed by atoms with van der Waals surface area (Å²) in [5, 5.41) is 5.07. The van der Waals surface area contributed by atoms with Crippen molar-refractivity contribution < 1.29 is 19.1 Å². The molecule has 0 bridgehead atoms. The zero-order valence-electron chi connectivity index (χ0n) is 15.8. The highest BCUT2D eigenvalue weighted by Crippen LogP contribution is 2.26. The van der Waals surface area contributed by atoms with Crippen LogP contribution in [-0.4, -0.2) is 30.1 Å². The Kier molecular flexibility index (Phi) is 6.06. The van der Waals surface area contributed by atoms with Gasteiger partial charge in [0.2, 0.25) is 0 Å². The van der Waals surface area contributed by atoms with Crippen molar-refractivity contribution in [3.05, 3.63) is 65.2 Å². The number of nitrogens with zero attached hydrogens (tertiary/aromatic N) is 1. The molecule has 0 aliphatic carbocycles. The van der Waals surface area contributed by atoms with Crippen molar-refractivity contribution in [3.63, 3.8) is 0 Å². The van der Waals surface area contributed by atoms with Gasteiger partial charge in [-0.15, -0.1) is 11.3 Å². The normalized spacial score (nSPS) is 11.5. The smallest absolute Gasteiger partial charge is 0.358 e. The van der Waals surface area contributed by atoms with Crippen molar-refractivity contribution in [2.75, 3.05) is 12.4 Å². The number of carbonyl (C=O) groups excluding carboxylic acids is 2. The molecule has 0 radical (unpaired) electrons. The number of anilines is 1. The fourth-order valence-electron chi connectivity index (χ4n) is 2.51. The summed E-state index contributed by atoms with van der Waals surface area (Å²) in [4.78, 5) is 29.1. The molecule has 0 spiro atoms. The number of aryl methyl sites for hydroxylation is 1. The van der Waals surface area contributed by atoms with Crippen LogP contribution < -0.4 is 10.1 Å². The topological polar surface area (TPSA) is 77.5 Å². The molecule has 0 aliphatic heterocycles. The Morgan fingerprint density at radius 1 is 1.14 bits per heavy atom. The first-order valence-electron chi connectivity index (χ1n) is 8.65. The van der Waals surface area contributed by atoms with Crippen molar-refractivity contribution in [1.82, 2.24) is 4.98 Å². The maximum atomic E-state index is 12.4. The zero-order valence-corrected chi connectivity index (χ0v) is 16.6. The van der Waals surface area contributed by atoms with Crippen LogP contribution in [0.2, 0.25) is 0 Å². The van der Waals surface area contributed by atoms with E-state index in [1.54, 1.807) is 17.5 Å². The number of hydrogen-bond donors (Lipinski definition) is 1. The lowest BCUT2D eigenvalue weighted by atomic mass is 10.2. The number of amides is 1. The molecule has 2 aromatic carbocycles. The Bertz CT molecular complexity index is 985. The summed E-state index contributed by atoms with van der Waals surface area (Å²) in [5.74, 6) is -0.558. The Morgan fingerprint density at radius 2 is 1.89 bits per heavy atom. The summed E-state index contributed by atoms with van der Waals surface area (Å²) in [5.41, 5.74) is 2.59. The molecule has 1 atom stereocenters. The van der Waals surface area contributed by atoms with Crippen LogP contribution in [-0.2, 0) is 9.53 Å². The number of aromatic nitrogens is 1. The molecule has 0 unspecified atom stereocenters. The van der Waals surface area contributed by atoms with Gasteiger partial charge in [-0.1, -0.05) is 36.4 Å². The lowest BCUT2D eigenvalue weighted by Gasteiger charge is -2.15. The Labute approximate surface area is 167 Å². The number of hydrogen-bond acceptors (Lipinski definition) is 6. The summed E-state index contributed by atoms with van der Waals surface area (Å²) in [6.07, 6.45) is -0.986. The van der Waals surface area contributed by atoms with Crippen LogP contribution in [0.1, 0.15) is 23.0 Å². The fourth-order valence-corrected chi connectivity index (χ4v) is 3.30. The summed E-state index contributed by atoms with van der Waals surface area (Å²) < 4.78 is 10.5. The van der Waals surface area contributed by atoms with Gasteiger partial charge >= 0.3 is 5.97 Å². The molecule has 6 nitrogen and oxygen atoms in total. The van der Waals surface area contributed by atoms with Gasteiger partial charge in [0.25, 0.3) is 5.91 Å². The van der Waals surface area contributed by atoms with E-state index in [1.165, 1.54) is 25.4 Å². The highest BCUT2D eigenvalue weighted by atomic mass is 32.1. The van der Waals surface area contributed by atoms with Crippen molar-refractivity contribution in [3.8, 4) is 16.3 Å². The predicted molar refractivity (Wildman–Crippen MR) is 109 cm³/mol. The summed E-state index contributed by atoms with van der Waals surface area (Å²) in [6.45, 7) is 3.42. The van der Waals surface area contributed by atoms with Gasteiger partial charge in [0.1, 0.15) is 10.8 Å². The summed E-state index contributed by atoms with van der Waals surface area (Å²) in [7, 11) is 1.52. The van der Waals surface area contributed by atoms with Crippen molar-refractivity contribution in [2.45, 2.75) is 20.0 Å². The Hall–Kier alpha value is -3.19. The molecule has 28 heavy (non-hydrogen) atoms. The minimum Gasteiger partial charge on any atom is -0.495 e. The molecule has 0 fully saturated rings. The third-order valence-corrected chi connectivity index (χ3v) is 4.89. The first-order valence-corrected chi connectivity index (χ1v) is 9.53. The van der Waals surface area contributed by atoms with E-state index in [0.717, 1.165) is 11.1 Å². The molecule has 1 N–H and O–H groups in total. The number of esters is 1. The first-order chi connectivity index (χ1) is 13.5. The summed E-state index contributed by atoms with van der Waals surface area (Å²) in [6, 6.07) is 15.0. The number of ether oxygens (including phenoxy) is 2. The van der Waals surface area contributed by atoms with E-state index in [9.17, 15) is 9.59 Å². The standard InChI is InChI=1S/C21H20N2O4S/c1-13-9-10-18(26-3)16(11-13)22-19(24)14(2)27-21(25)17-12-28-20(23-17)15-7-5-4-6-8-15/h4-12,14H,1-3H3,(H,22,24)/t14-/m1/s1. The SMILES string of the molecule is COc1ccc(C)cc1NC(=O)[C@@H](C)OC(=O)c1csc(-c2ccccc2)n1. The lowest BCUT2D eigenvalue weighted by Crippen LogP contribution is -2.30. The van der Waals surface area contributed by atoms with E-state index in [2.05, 4.69) is 10.3 Å². The molecule has 0 saturated carbocycles. The van der Waals surface area contributed by atoms with Gasteiger partial charge in [-0.2, -0.15) is 0 Å². The van der Waals surface area contributed by atoms with E-state index < -0.39 is 18.0 Å². The number of rotatable bonds is 6. The quantitative estimate of drug-likeness (QED) is 0.628. The largest absolute Gasteiger partial charge is 0.495 e. The number of benzene rings is 2. The zero-order chi connectivity index (χ0) is 20.1. The highest BCUT2D eigenvalue weighted by molar-refractivity contribution is 7.13. The van der Waals surface area contributed by atoms with E-state index in [-0.39, 0.29) is 5.69 Å². The van der Waals surface area contributed by atoms with Crippen LogP contribution in [0.15, 0.2) is 53.9 Å². The molecule has 144 valence electrons. The lowest BCUT2D eigenvalue weighted by molar-refractivity contribution is -0.123. The van der Waals surface area contributed by atoms with Gasteiger partial charge < -0.3 is 14.8 Å². The van der Waals surface area contributed by atoms with E-state index in [4.69, 9.17) is 9.47 Å². The van der Waals surface area contributed by atoms with Gasteiger partial charge in [0, 0.05) is 10.9 Å². The van der Waals surface area contributed by atoms with E-state index in [0.29, 0.717) is 16.4 Å². The molecular weight excluding hydrogens is 376 g/mol. The molecule has 7 heteroatoms. The van der Waals surface area contributed by atoms with Crippen LogP contribution in [0.4, 0.5) is 5.69 Å². The van der Waals surface area contributed by atoms with Gasteiger partial charge in [0.05, 0.1) is 12.8 Å². The number of carbonyl (C=O) groups is 2. The van der Waals surface area contributed by atoms with Gasteiger partial charge in [-0.25, -0.2) is 9.78 Å². The molecule has 1 amide bonds. The van der Waals surface area contributed by atoms with Gasteiger partial charge in [0.15, 0.2) is 11.8 Å². The second-order valence-corrected chi connectivity index (χ2v) is 7.00. The molecule has 3 aromatic rings. The van der Waals surface area contributed by atoms with Gasteiger partial charge in [-0.05, 0) is 31.5 Å². The number of thiazole rings is 1. The number of nitrogens with one attached hydrogen (secondary N) is 1. The molecule has 0 aliphatic rings. The van der Waals surface area contributed by atoms with Crippen LogP contribution >= 0.6 is 11.3 Å². The monoisotopic (exact) mass is 396 g/mol. The van der Waals surface area contributed by atoms with E-state index in [1.807, 2.05) is 43.3 Å². The second kappa shape index (κ2) is 8.67. The summed E-state index contributed by atoms with van der Waals surface area (Å²) >= 11 is 1.35. The van der Waals surface area contributed by atoms with Crippen LogP contribution in [0, 0.1) is 6.92 Å². The minimum atomic E-state index is -0.986. The fraction of sp³-hybridized carbons (Fsp3) is 0.190. The maximum absolute atomic E-state index is 12.4. The van der Waals surface area contributed by atoms with Crippen molar-refractivity contribution >= 4 is 28.9 Å². The average molecular weight is 396 g/mol. The van der Waals surface area contributed by atoms with Gasteiger partial charge in [-0.3, -0.25) is 4.79 Å². The van der Waals surface area contributed by atoms with Crippen molar-refractivity contribution in [1.29, 1.82) is 0 Å². The molecule has 1 aromatic heterocycles. The third kappa shape index (κ3) is 4.55. The molecule has 0 saturated heterocycles. The Morgan fingerprint density at radius 3 is 2.61 bits per heavy atom. The highest BCUT2D eigenvalue weighted by Gasteiger charge is 2.22. The van der Waals surface area contributed by atoms with E-state index >= 15 is 0 Å².